The molecule has 2 atom stereocenters. The van der Waals surface area contributed by atoms with Crippen molar-refractivity contribution in [3.05, 3.63) is 157 Å². The molecule has 1 aliphatic carbocycles. The number of aryl methyl sites for hydroxylation is 1. The standard InChI is InChI=1S/C55H47N3O/c1-34-33-55(3)54(2,26-25-36-17-6-7-19-38(36)45-21-10-12-27-56(34)45)44-32-48-40(30-42(44)46-22-11-13-28-57(46)55)41-31-43-50-37(29-35-15-4-5-16-35)18-14-24-49(50)59-53(43)51-39-20-8-9-23-47(39)58(48)52(41)51/h6-14,17-24,27-28,30-32,35H,1,4-5,15-16,25-26,29,33H2,2-3H3/q+2. The summed E-state index contributed by atoms with van der Waals surface area (Å²) in [6.07, 6.45) is 13.8. The Kier molecular flexibility index (Phi) is 6.80. The second-order valence-corrected chi connectivity index (χ2v) is 18.5. The second kappa shape index (κ2) is 11.9. The zero-order valence-corrected chi connectivity index (χ0v) is 33.9. The summed E-state index contributed by atoms with van der Waals surface area (Å²) in [5.41, 5.74) is 15.7. The van der Waals surface area contributed by atoms with Gasteiger partial charge in [0, 0.05) is 63.7 Å². The zero-order valence-electron chi connectivity index (χ0n) is 33.9. The van der Waals surface area contributed by atoms with E-state index in [1.807, 2.05) is 0 Å². The number of fused-ring (bicyclic) bond motifs is 19. The van der Waals surface area contributed by atoms with Crippen molar-refractivity contribution in [3.63, 3.8) is 0 Å². The molecule has 4 heteroatoms. The normalized spacial score (nSPS) is 20.7. The maximum Gasteiger partial charge on any atom is 0.218 e. The van der Waals surface area contributed by atoms with Crippen molar-refractivity contribution in [1.29, 1.82) is 0 Å². The molecule has 5 aromatic carbocycles. The molecule has 0 saturated heterocycles. The molecular formula is C55H47N3O+2. The Morgan fingerprint density at radius 1 is 0.712 bits per heavy atom. The van der Waals surface area contributed by atoms with Crippen molar-refractivity contribution in [3.8, 4) is 22.5 Å². The number of hydrogen-bond donors (Lipinski definition) is 0. The van der Waals surface area contributed by atoms with Crippen LogP contribution in [-0.4, -0.2) is 4.40 Å². The van der Waals surface area contributed by atoms with E-state index in [0.29, 0.717) is 0 Å². The Morgan fingerprint density at radius 2 is 1.51 bits per heavy atom. The summed E-state index contributed by atoms with van der Waals surface area (Å²) in [7, 11) is 0. The minimum Gasteiger partial charge on any atom is -0.455 e. The number of pyridine rings is 2. The predicted octanol–water partition coefficient (Wildman–Crippen LogP) is 12.9. The van der Waals surface area contributed by atoms with E-state index in [4.69, 9.17) is 11.0 Å². The van der Waals surface area contributed by atoms with Gasteiger partial charge in [0.15, 0.2) is 23.6 Å². The van der Waals surface area contributed by atoms with Crippen molar-refractivity contribution < 1.29 is 13.6 Å². The highest BCUT2D eigenvalue weighted by molar-refractivity contribution is 6.33. The molecule has 10 aromatic rings. The van der Waals surface area contributed by atoms with Gasteiger partial charge in [-0.15, -0.1) is 0 Å². The average molecular weight is 766 g/mol. The molecule has 2 unspecified atom stereocenters. The van der Waals surface area contributed by atoms with Crippen LogP contribution in [0.5, 0.6) is 0 Å². The molecule has 7 heterocycles. The van der Waals surface area contributed by atoms with Crippen LogP contribution < -0.4 is 9.13 Å². The lowest BCUT2D eigenvalue weighted by Crippen LogP contribution is -2.68. The minimum absolute atomic E-state index is 0.255. The highest BCUT2D eigenvalue weighted by Gasteiger charge is 2.59. The highest BCUT2D eigenvalue weighted by Crippen LogP contribution is 2.54. The molecular weight excluding hydrogens is 719 g/mol. The summed E-state index contributed by atoms with van der Waals surface area (Å²) in [5, 5.41) is 7.66. The number of hydrogen-bond acceptors (Lipinski definition) is 1. The van der Waals surface area contributed by atoms with Crippen LogP contribution >= 0.6 is 0 Å². The maximum absolute atomic E-state index is 7.00. The van der Waals surface area contributed by atoms with E-state index in [9.17, 15) is 0 Å². The van der Waals surface area contributed by atoms with Gasteiger partial charge in [-0.05, 0) is 104 Å². The number of nitrogens with zero attached hydrogens (tertiary/aromatic N) is 3. The van der Waals surface area contributed by atoms with Crippen LogP contribution in [0.3, 0.4) is 0 Å². The minimum atomic E-state index is -0.317. The largest absolute Gasteiger partial charge is 0.455 e. The van der Waals surface area contributed by atoms with E-state index in [2.05, 4.69) is 161 Å². The van der Waals surface area contributed by atoms with Crippen molar-refractivity contribution in [2.75, 3.05) is 0 Å². The lowest BCUT2D eigenvalue weighted by molar-refractivity contribution is -0.766. The number of para-hydroxylation sites is 1. The number of aromatic nitrogens is 3. The first-order valence-electron chi connectivity index (χ1n) is 21.8. The van der Waals surface area contributed by atoms with E-state index in [0.717, 1.165) is 48.5 Å². The summed E-state index contributed by atoms with van der Waals surface area (Å²) in [4.78, 5) is 0. The van der Waals surface area contributed by atoms with Crippen molar-refractivity contribution in [1.82, 2.24) is 4.40 Å². The van der Waals surface area contributed by atoms with Crippen LogP contribution in [0.4, 0.5) is 0 Å². The molecule has 3 aliphatic rings. The Balaban J connectivity index is 1.12. The van der Waals surface area contributed by atoms with E-state index in [-0.39, 0.29) is 11.0 Å². The number of furan rings is 1. The third-order valence-electron chi connectivity index (χ3n) is 15.5. The molecule has 4 nitrogen and oxygen atoms in total. The monoisotopic (exact) mass is 765 g/mol. The Bertz CT molecular complexity index is 3410. The van der Waals surface area contributed by atoms with Crippen molar-refractivity contribution in [2.45, 2.75) is 76.2 Å². The molecule has 1 saturated carbocycles. The topological polar surface area (TPSA) is 25.3 Å². The molecule has 286 valence electrons. The Labute approximate surface area is 344 Å². The third kappa shape index (κ3) is 4.39. The van der Waals surface area contributed by atoms with Gasteiger partial charge in [-0.1, -0.05) is 74.2 Å². The lowest BCUT2D eigenvalue weighted by atomic mass is 9.59. The fourth-order valence-electron chi connectivity index (χ4n) is 12.4. The summed E-state index contributed by atoms with van der Waals surface area (Å²) in [6, 6.07) is 45.7. The van der Waals surface area contributed by atoms with Crippen LogP contribution in [-0.2, 0) is 23.8 Å². The Hall–Kier alpha value is -6.26. The molecule has 0 spiro atoms. The molecule has 59 heavy (non-hydrogen) atoms. The average Bonchev–Trinajstić information content (AvgIpc) is 4.06. The van der Waals surface area contributed by atoms with Crippen molar-refractivity contribution >= 4 is 65.7 Å². The number of allylic oxidation sites excluding steroid dienone is 1. The van der Waals surface area contributed by atoms with Gasteiger partial charge in [0.1, 0.15) is 11.2 Å². The lowest BCUT2D eigenvalue weighted by Gasteiger charge is -2.47. The predicted molar refractivity (Wildman–Crippen MR) is 241 cm³/mol. The highest BCUT2D eigenvalue weighted by atomic mass is 16.3. The molecule has 2 aliphatic heterocycles. The van der Waals surface area contributed by atoms with Gasteiger partial charge in [0.25, 0.3) is 0 Å². The zero-order chi connectivity index (χ0) is 39.2. The van der Waals surface area contributed by atoms with Crippen LogP contribution in [0.15, 0.2) is 145 Å². The summed E-state index contributed by atoms with van der Waals surface area (Å²) in [5.74, 6) is 0.754. The van der Waals surface area contributed by atoms with E-state index in [1.54, 1.807) is 0 Å². The summed E-state index contributed by atoms with van der Waals surface area (Å²) < 4.78 is 14.5. The molecule has 0 radical (unpaired) electrons. The maximum atomic E-state index is 7.00. The van der Waals surface area contributed by atoms with Gasteiger partial charge in [-0.25, -0.2) is 0 Å². The summed E-state index contributed by atoms with van der Waals surface area (Å²) >= 11 is 0. The molecule has 13 rings (SSSR count). The van der Waals surface area contributed by atoms with E-state index < -0.39 is 0 Å². The summed E-state index contributed by atoms with van der Waals surface area (Å²) in [6.45, 7) is 9.89. The fourth-order valence-corrected chi connectivity index (χ4v) is 12.4. The smallest absolute Gasteiger partial charge is 0.218 e. The van der Waals surface area contributed by atoms with Gasteiger partial charge in [0.05, 0.1) is 39.3 Å². The molecule has 5 aromatic heterocycles. The SMILES string of the molecule is C=C1CC2(C)[n+]3ccccc3-c3cc4c5cc6c(oc7cccc(CC8CCCC8)c76)c6c7ccccc7n(c4cc3C2(C)CCc2ccccc2-c2cccc[n+]21)c56. The molecule has 0 N–H and O–H groups in total. The van der Waals surface area contributed by atoms with E-state index >= 15 is 0 Å². The number of benzene rings is 5. The molecule has 0 bridgehead atoms. The van der Waals surface area contributed by atoms with Crippen LogP contribution in [0.2, 0.25) is 0 Å². The van der Waals surface area contributed by atoms with Crippen LogP contribution in [0.25, 0.3) is 88.2 Å². The molecule has 1 fully saturated rings. The van der Waals surface area contributed by atoms with Crippen LogP contribution in [0, 0.1) is 5.92 Å². The van der Waals surface area contributed by atoms with Gasteiger partial charge in [-0.3, -0.25) is 0 Å². The first-order chi connectivity index (χ1) is 28.9. The first kappa shape index (κ1) is 33.7. The third-order valence-corrected chi connectivity index (χ3v) is 15.5. The van der Waals surface area contributed by atoms with Crippen molar-refractivity contribution in [2.24, 2.45) is 5.92 Å². The van der Waals surface area contributed by atoms with Gasteiger partial charge < -0.3 is 8.82 Å². The molecule has 0 amide bonds. The fraction of sp³-hybridized carbons (Fsp3) is 0.236. The van der Waals surface area contributed by atoms with Gasteiger partial charge in [-0.2, -0.15) is 9.13 Å². The first-order valence-corrected chi connectivity index (χ1v) is 21.8. The Morgan fingerprint density at radius 3 is 2.41 bits per heavy atom. The van der Waals surface area contributed by atoms with Gasteiger partial charge >= 0.3 is 0 Å². The van der Waals surface area contributed by atoms with Gasteiger partial charge in [0.2, 0.25) is 11.4 Å². The quantitative estimate of drug-likeness (QED) is 0.161. The van der Waals surface area contributed by atoms with E-state index in [1.165, 1.54) is 114 Å². The number of rotatable bonds is 2. The second-order valence-electron chi connectivity index (χ2n) is 18.5. The van der Waals surface area contributed by atoms with Crippen LogP contribution in [0.1, 0.15) is 69.1 Å².